The van der Waals surface area contributed by atoms with E-state index in [0.29, 0.717) is 32.7 Å². The highest BCUT2D eigenvalue weighted by Crippen LogP contribution is 2.32. The Hall–Kier alpha value is -1.79. The average Bonchev–Trinajstić information content (AvgIpc) is 2.96. The van der Waals surface area contributed by atoms with Crippen molar-refractivity contribution in [1.29, 1.82) is 0 Å². The fourth-order valence-corrected chi connectivity index (χ4v) is 2.02. The Morgan fingerprint density at radius 2 is 2.19 bits per heavy atom. The van der Waals surface area contributed by atoms with Crippen LogP contribution in [0.15, 0.2) is 18.2 Å². The molecule has 0 bridgehead atoms. The molecule has 6 nitrogen and oxygen atoms in total. The molecule has 2 N–H and O–H groups in total. The van der Waals surface area contributed by atoms with E-state index in [1.165, 1.54) is 0 Å². The van der Waals surface area contributed by atoms with Crippen LogP contribution in [0.4, 0.5) is 0 Å². The number of nitrogens with zero attached hydrogens (tertiary/aromatic N) is 1. The summed E-state index contributed by atoms with van der Waals surface area (Å²) in [4.78, 5) is 13.5. The molecule has 1 aromatic carbocycles. The maximum atomic E-state index is 11.8. The van der Waals surface area contributed by atoms with Crippen molar-refractivity contribution < 1.29 is 19.0 Å². The van der Waals surface area contributed by atoms with Gasteiger partial charge in [-0.25, -0.2) is 0 Å². The van der Waals surface area contributed by atoms with Gasteiger partial charge in [0.2, 0.25) is 12.7 Å². The maximum Gasteiger partial charge on any atom is 0.231 e. The Bertz CT molecular complexity index is 479. The molecule has 0 atom stereocenters. The molecule has 1 amide bonds. The standard InChI is InChI=1S/C15H22N2O4/c1-17(7-2-6-16)15(18)5-8-19-10-12-3-4-13-14(9-12)21-11-20-13/h3-4,9H,2,5-8,10-11,16H2,1H3. The van der Waals surface area contributed by atoms with Gasteiger partial charge < -0.3 is 24.8 Å². The van der Waals surface area contributed by atoms with Crippen LogP contribution in [0.1, 0.15) is 18.4 Å². The number of hydrogen-bond acceptors (Lipinski definition) is 5. The summed E-state index contributed by atoms with van der Waals surface area (Å²) in [6.45, 7) is 2.41. The molecular weight excluding hydrogens is 272 g/mol. The summed E-state index contributed by atoms with van der Waals surface area (Å²) in [5.74, 6) is 1.58. The van der Waals surface area contributed by atoms with Gasteiger partial charge in [0.25, 0.3) is 0 Å². The first-order valence-corrected chi connectivity index (χ1v) is 7.11. The Kier molecular flexibility index (Phi) is 5.83. The quantitative estimate of drug-likeness (QED) is 0.728. The van der Waals surface area contributed by atoms with Gasteiger partial charge >= 0.3 is 0 Å². The molecule has 0 fully saturated rings. The first kappa shape index (κ1) is 15.6. The van der Waals surface area contributed by atoms with Gasteiger partial charge in [0.15, 0.2) is 11.5 Å². The van der Waals surface area contributed by atoms with Crippen LogP contribution in [0.3, 0.4) is 0 Å². The molecular formula is C15H22N2O4. The van der Waals surface area contributed by atoms with Gasteiger partial charge in [-0.3, -0.25) is 4.79 Å². The monoisotopic (exact) mass is 294 g/mol. The third-order valence-electron chi connectivity index (χ3n) is 3.29. The van der Waals surface area contributed by atoms with Crippen molar-refractivity contribution in [2.24, 2.45) is 5.73 Å². The molecule has 0 aliphatic carbocycles. The molecule has 0 unspecified atom stereocenters. The second kappa shape index (κ2) is 7.85. The zero-order valence-corrected chi connectivity index (χ0v) is 12.3. The fourth-order valence-electron chi connectivity index (χ4n) is 2.02. The highest BCUT2D eigenvalue weighted by atomic mass is 16.7. The first-order valence-electron chi connectivity index (χ1n) is 7.11. The van der Waals surface area contributed by atoms with Crippen LogP contribution in [-0.2, 0) is 16.1 Å². The van der Waals surface area contributed by atoms with Crippen LogP contribution >= 0.6 is 0 Å². The van der Waals surface area contributed by atoms with Crippen LogP contribution in [0.25, 0.3) is 0 Å². The molecule has 0 spiro atoms. The summed E-state index contributed by atoms with van der Waals surface area (Å²) in [6, 6.07) is 5.70. The molecule has 6 heteroatoms. The van der Waals surface area contributed by atoms with E-state index in [2.05, 4.69) is 0 Å². The third-order valence-corrected chi connectivity index (χ3v) is 3.29. The minimum absolute atomic E-state index is 0.0779. The summed E-state index contributed by atoms with van der Waals surface area (Å²) in [5.41, 5.74) is 6.42. The Morgan fingerprint density at radius 3 is 3.00 bits per heavy atom. The number of fused-ring (bicyclic) bond motifs is 1. The SMILES string of the molecule is CN(CCCN)C(=O)CCOCc1ccc2c(c1)OCO2. The summed E-state index contributed by atoms with van der Waals surface area (Å²) >= 11 is 0. The van der Waals surface area contributed by atoms with Gasteiger partial charge in [-0.1, -0.05) is 6.07 Å². The van der Waals surface area contributed by atoms with E-state index in [1.54, 1.807) is 11.9 Å². The topological polar surface area (TPSA) is 74.0 Å². The average molecular weight is 294 g/mol. The normalized spacial score (nSPS) is 12.5. The molecule has 116 valence electrons. The summed E-state index contributed by atoms with van der Waals surface area (Å²) < 4.78 is 16.1. The van der Waals surface area contributed by atoms with Crippen molar-refractivity contribution in [3.05, 3.63) is 23.8 Å². The van der Waals surface area contributed by atoms with Gasteiger partial charge in [0.05, 0.1) is 19.6 Å². The van der Waals surface area contributed by atoms with Gasteiger partial charge in [0.1, 0.15) is 0 Å². The molecule has 1 heterocycles. The summed E-state index contributed by atoms with van der Waals surface area (Å²) in [7, 11) is 1.79. The van der Waals surface area contributed by atoms with Gasteiger partial charge in [-0.05, 0) is 30.7 Å². The van der Waals surface area contributed by atoms with Crippen LogP contribution in [0, 0.1) is 0 Å². The smallest absolute Gasteiger partial charge is 0.231 e. The number of ether oxygens (including phenoxy) is 3. The van der Waals surface area contributed by atoms with Gasteiger partial charge in [-0.15, -0.1) is 0 Å². The molecule has 0 radical (unpaired) electrons. The molecule has 1 aliphatic heterocycles. The van der Waals surface area contributed by atoms with E-state index in [9.17, 15) is 4.79 Å². The first-order chi connectivity index (χ1) is 10.2. The number of benzene rings is 1. The fraction of sp³-hybridized carbons (Fsp3) is 0.533. The van der Waals surface area contributed by atoms with Crippen LogP contribution in [-0.4, -0.2) is 44.3 Å². The molecule has 0 aromatic heterocycles. The second-order valence-corrected chi connectivity index (χ2v) is 4.95. The molecule has 0 saturated carbocycles. The highest BCUT2D eigenvalue weighted by molar-refractivity contribution is 5.75. The predicted molar refractivity (Wildman–Crippen MR) is 78.1 cm³/mol. The maximum absolute atomic E-state index is 11.8. The minimum Gasteiger partial charge on any atom is -0.454 e. The van der Waals surface area contributed by atoms with Crippen molar-refractivity contribution in [3.63, 3.8) is 0 Å². The van der Waals surface area contributed by atoms with Gasteiger partial charge in [0, 0.05) is 13.6 Å². The number of carbonyl (C=O) groups excluding carboxylic acids is 1. The van der Waals surface area contributed by atoms with Crippen molar-refractivity contribution >= 4 is 5.91 Å². The van der Waals surface area contributed by atoms with Gasteiger partial charge in [-0.2, -0.15) is 0 Å². The van der Waals surface area contributed by atoms with Crippen molar-refractivity contribution in [2.75, 3.05) is 33.5 Å². The van der Waals surface area contributed by atoms with Crippen molar-refractivity contribution in [3.8, 4) is 11.5 Å². The number of amides is 1. The van der Waals surface area contributed by atoms with Crippen LogP contribution in [0.2, 0.25) is 0 Å². The van der Waals surface area contributed by atoms with E-state index in [0.717, 1.165) is 23.5 Å². The number of rotatable bonds is 8. The summed E-state index contributed by atoms with van der Waals surface area (Å²) in [5, 5.41) is 0. The lowest BCUT2D eigenvalue weighted by Gasteiger charge is -2.16. The van der Waals surface area contributed by atoms with E-state index in [4.69, 9.17) is 19.9 Å². The van der Waals surface area contributed by atoms with Crippen LogP contribution in [0.5, 0.6) is 11.5 Å². The zero-order valence-electron chi connectivity index (χ0n) is 12.3. The van der Waals surface area contributed by atoms with E-state index >= 15 is 0 Å². The third kappa shape index (κ3) is 4.61. The lowest BCUT2D eigenvalue weighted by atomic mass is 10.2. The number of hydrogen-bond donors (Lipinski definition) is 1. The van der Waals surface area contributed by atoms with E-state index in [1.807, 2.05) is 18.2 Å². The van der Waals surface area contributed by atoms with Crippen molar-refractivity contribution in [2.45, 2.75) is 19.4 Å². The van der Waals surface area contributed by atoms with Crippen LogP contribution < -0.4 is 15.2 Å². The Balaban J connectivity index is 1.66. The van der Waals surface area contributed by atoms with E-state index < -0.39 is 0 Å². The lowest BCUT2D eigenvalue weighted by Crippen LogP contribution is -2.29. The lowest BCUT2D eigenvalue weighted by molar-refractivity contribution is -0.131. The highest BCUT2D eigenvalue weighted by Gasteiger charge is 2.13. The second-order valence-electron chi connectivity index (χ2n) is 4.95. The Labute approximate surface area is 124 Å². The number of carbonyl (C=O) groups is 1. The van der Waals surface area contributed by atoms with E-state index in [-0.39, 0.29) is 12.7 Å². The molecule has 1 aromatic rings. The predicted octanol–water partition coefficient (Wildman–Crippen LogP) is 1.13. The summed E-state index contributed by atoms with van der Waals surface area (Å²) in [6.07, 6.45) is 1.20. The Morgan fingerprint density at radius 1 is 1.38 bits per heavy atom. The molecule has 1 aliphatic rings. The minimum atomic E-state index is 0.0779. The molecule has 0 saturated heterocycles. The zero-order chi connectivity index (χ0) is 15.1. The number of nitrogens with two attached hydrogens (primary N) is 1. The molecule has 2 rings (SSSR count). The molecule has 21 heavy (non-hydrogen) atoms. The van der Waals surface area contributed by atoms with Crippen molar-refractivity contribution in [1.82, 2.24) is 4.90 Å². The largest absolute Gasteiger partial charge is 0.454 e.